The molecule has 3 N–H and O–H groups in total. The van der Waals surface area contributed by atoms with E-state index in [9.17, 15) is 14.7 Å². The SMILES string of the molecule is O=C1C[C@@H]([NH2+]C[C@H](O)c2ccccc2)C(=O)N1c1ccc(Br)cc1. The van der Waals surface area contributed by atoms with Crippen molar-refractivity contribution in [1.29, 1.82) is 0 Å². The molecule has 2 atom stereocenters. The molecular weight excluding hydrogens is 372 g/mol. The molecule has 1 heterocycles. The van der Waals surface area contributed by atoms with Crippen molar-refractivity contribution in [3.05, 3.63) is 64.6 Å². The molecule has 6 heteroatoms. The minimum absolute atomic E-state index is 0.149. The van der Waals surface area contributed by atoms with Gasteiger partial charge in [0, 0.05) is 4.47 Å². The van der Waals surface area contributed by atoms with Crippen LogP contribution in [-0.4, -0.2) is 29.5 Å². The number of hydrogen-bond donors (Lipinski definition) is 2. The number of carbonyl (C=O) groups is 2. The third-order valence-corrected chi connectivity index (χ3v) is 4.62. The van der Waals surface area contributed by atoms with Crippen LogP contribution in [0.5, 0.6) is 0 Å². The molecule has 1 fully saturated rings. The standard InChI is InChI=1S/C18H17BrN2O3/c19-13-6-8-14(9-7-13)21-17(23)10-15(18(21)24)20-11-16(22)12-4-2-1-3-5-12/h1-9,15-16,20,22H,10-11H2/p+1/t15-,16+/m1/s1. The molecule has 124 valence electrons. The van der Waals surface area contributed by atoms with E-state index in [-0.39, 0.29) is 18.2 Å². The smallest absolute Gasteiger partial charge is 0.292 e. The number of rotatable bonds is 5. The summed E-state index contributed by atoms with van der Waals surface area (Å²) < 4.78 is 0.888. The average molecular weight is 390 g/mol. The minimum Gasteiger partial charge on any atom is -0.382 e. The number of aliphatic hydroxyl groups is 1. The van der Waals surface area contributed by atoms with Crippen LogP contribution in [0.2, 0.25) is 0 Å². The van der Waals surface area contributed by atoms with Crippen LogP contribution in [0.1, 0.15) is 18.1 Å². The fraction of sp³-hybridized carbons (Fsp3) is 0.222. The zero-order chi connectivity index (χ0) is 17.1. The fourth-order valence-corrected chi connectivity index (χ4v) is 3.07. The summed E-state index contributed by atoms with van der Waals surface area (Å²) in [6.07, 6.45) is -0.521. The molecule has 2 aromatic carbocycles. The number of aliphatic hydroxyl groups excluding tert-OH is 1. The highest BCUT2D eigenvalue weighted by Gasteiger charge is 2.42. The van der Waals surface area contributed by atoms with E-state index < -0.39 is 12.1 Å². The lowest BCUT2D eigenvalue weighted by Crippen LogP contribution is -2.92. The molecule has 0 unspecified atom stereocenters. The molecular formula is C18H18BrN2O3+. The molecule has 1 aliphatic heterocycles. The van der Waals surface area contributed by atoms with Gasteiger partial charge in [-0.1, -0.05) is 46.3 Å². The van der Waals surface area contributed by atoms with Gasteiger partial charge < -0.3 is 10.4 Å². The van der Waals surface area contributed by atoms with Gasteiger partial charge in [0.2, 0.25) is 5.91 Å². The Balaban J connectivity index is 1.65. The van der Waals surface area contributed by atoms with E-state index in [1.807, 2.05) is 30.3 Å². The van der Waals surface area contributed by atoms with Crippen molar-refractivity contribution in [2.45, 2.75) is 18.6 Å². The van der Waals surface area contributed by atoms with Gasteiger partial charge in [-0.15, -0.1) is 0 Å². The summed E-state index contributed by atoms with van der Waals surface area (Å²) in [5, 5.41) is 11.9. The van der Waals surface area contributed by atoms with Crippen molar-refractivity contribution in [2.24, 2.45) is 0 Å². The summed E-state index contributed by atoms with van der Waals surface area (Å²) in [6.45, 7) is 0.335. The Morgan fingerprint density at radius 2 is 1.79 bits per heavy atom. The Kier molecular flexibility index (Phi) is 5.08. The van der Waals surface area contributed by atoms with Gasteiger partial charge >= 0.3 is 0 Å². The lowest BCUT2D eigenvalue weighted by atomic mass is 10.1. The maximum absolute atomic E-state index is 12.5. The lowest BCUT2D eigenvalue weighted by Gasteiger charge is -2.15. The maximum Gasteiger partial charge on any atom is 0.292 e. The number of carbonyl (C=O) groups excluding carboxylic acids is 2. The van der Waals surface area contributed by atoms with E-state index in [4.69, 9.17) is 0 Å². The van der Waals surface area contributed by atoms with Gasteiger partial charge in [-0.05, 0) is 29.8 Å². The molecule has 0 radical (unpaired) electrons. The molecule has 24 heavy (non-hydrogen) atoms. The van der Waals surface area contributed by atoms with Gasteiger partial charge in [-0.3, -0.25) is 9.59 Å². The predicted molar refractivity (Wildman–Crippen MR) is 93.2 cm³/mol. The first kappa shape index (κ1) is 16.8. The van der Waals surface area contributed by atoms with E-state index in [0.717, 1.165) is 10.0 Å². The highest BCUT2D eigenvalue weighted by molar-refractivity contribution is 9.10. The number of anilines is 1. The van der Waals surface area contributed by atoms with E-state index in [1.165, 1.54) is 4.90 Å². The number of benzene rings is 2. The maximum atomic E-state index is 12.5. The van der Waals surface area contributed by atoms with Gasteiger partial charge in [0.05, 0.1) is 12.1 Å². The second-order valence-electron chi connectivity index (χ2n) is 5.75. The molecule has 0 aliphatic carbocycles. The van der Waals surface area contributed by atoms with E-state index >= 15 is 0 Å². The Bertz CT molecular complexity index is 734. The average Bonchev–Trinajstić information content (AvgIpc) is 2.88. The van der Waals surface area contributed by atoms with Crippen molar-refractivity contribution < 1.29 is 20.0 Å². The van der Waals surface area contributed by atoms with Crippen LogP contribution in [0, 0.1) is 0 Å². The van der Waals surface area contributed by atoms with Crippen molar-refractivity contribution >= 4 is 33.4 Å². The number of amides is 2. The van der Waals surface area contributed by atoms with E-state index in [1.54, 1.807) is 29.6 Å². The zero-order valence-corrected chi connectivity index (χ0v) is 14.5. The molecule has 3 rings (SSSR count). The molecule has 5 nitrogen and oxygen atoms in total. The first-order chi connectivity index (χ1) is 11.6. The second-order valence-corrected chi connectivity index (χ2v) is 6.67. The zero-order valence-electron chi connectivity index (χ0n) is 12.9. The topological polar surface area (TPSA) is 74.2 Å². The number of quaternary nitrogens is 1. The van der Waals surface area contributed by atoms with Crippen molar-refractivity contribution in [3.8, 4) is 0 Å². The molecule has 1 saturated heterocycles. The molecule has 0 spiro atoms. The number of nitrogens with zero attached hydrogens (tertiary/aromatic N) is 1. The Hall–Kier alpha value is -2.02. The van der Waals surface area contributed by atoms with Gasteiger partial charge in [0.1, 0.15) is 12.6 Å². The Morgan fingerprint density at radius 1 is 1.12 bits per heavy atom. The minimum atomic E-state index is -0.671. The quantitative estimate of drug-likeness (QED) is 0.758. The largest absolute Gasteiger partial charge is 0.382 e. The molecule has 0 aromatic heterocycles. The Morgan fingerprint density at radius 3 is 2.46 bits per heavy atom. The number of halogens is 1. The van der Waals surface area contributed by atoms with Crippen molar-refractivity contribution in [3.63, 3.8) is 0 Å². The molecule has 1 aliphatic rings. The second kappa shape index (κ2) is 7.25. The van der Waals surface area contributed by atoms with Gasteiger partial charge in [-0.2, -0.15) is 0 Å². The van der Waals surface area contributed by atoms with Crippen LogP contribution < -0.4 is 10.2 Å². The van der Waals surface area contributed by atoms with Crippen molar-refractivity contribution in [1.82, 2.24) is 0 Å². The van der Waals surface area contributed by atoms with E-state index in [2.05, 4.69) is 15.9 Å². The summed E-state index contributed by atoms with van der Waals surface area (Å²) >= 11 is 3.34. The highest BCUT2D eigenvalue weighted by Crippen LogP contribution is 2.23. The van der Waals surface area contributed by atoms with E-state index in [0.29, 0.717) is 12.2 Å². The monoisotopic (exact) mass is 389 g/mol. The summed E-state index contributed by atoms with van der Waals surface area (Å²) in [5.74, 6) is -0.444. The number of hydrogen-bond acceptors (Lipinski definition) is 3. The van der Waals surface area contributed by atoms with Crippen LogP contribution in [0.15, 0.2) is 59.1 Å². The fourth-order valence-electron chi connectivity index (χ4n) is 2.81. The van der Waals surface area contributed by atoms with Crippen LogP contribution >= 0.6 is 15.9 Å². The van der Waals surface area contributed by atoms with Crippen LogP contribution in [0.4, 0.5) is 5.69 Å². The predicted octanol–water partition coefficient (Wildman–Crippen LogP) is 1.38. The van der Waals surface area contributed by atoms with Gasteiger partial charge in [-0.25, -0.2) is 4.90 Å². The summed E-state index contributed by atoms with van der Waals surface area (Å²) in [4.78, 5) is 26.0. The van der Waals surface area contributed by atoms with Crippen molar-refractivity contribution in [2.75, 3.05) is 11.4 Å². The lowest BCUT2D eigenvalue weighted by molar-refractivity contribution is -0.681. The first-order valence-electron chi connectivity index (χ1n) is 7.75. The summed E-state index contributed by atoms with van der Waals surface area (Å²) in [5.41, 5.74) is 1.38. The number of nitrogens with two attached hydrogens (primary N) is 1. The van der Waals surface area contributed by atoms with Crippen LogP contribution in [-0.2, 0) is 9.59 Å². The normalized spacial score (nSPS) is 18.9. The highest BCUT2D eigenvalue weighted by atomic mass is 79.9. The number of imide groups is 1. The van der Waals surface area contributed by atoms with Gasteiger partial charge in [0.15, 0.2) is 6.04 Å². The Labute approximate surface area is 148 Å². The van der Waals surface area contributed by atoms with Crippen LogP contribution in [0.25, 0.3) is 0 Å². The molecule has 2 aromatic rings. The third kappa shape index (κ3) is 3.56. The molecule has 2 amide bonds. The summed E-state index contributed by atoms with van der Waals surface area (Å²) in [7, 11) is 0. The van der Waals surface area contributed by atoms with Gasteiger partial charge in [0.25, 0.3) is 5.91 Å². The molecule has 0 saturated carbocycles. The summed E-state index contributed by atoms with van der Waals surface area (Å²) in [6, 6.07) is 15.9. The molecule has 0 bridgehead atoms. The third-order valence-electron chi connectivity index (χ3n) is 4.09. The first-order valence-corrected chi connectivity index (χ1v) is 8.54. The van der Waals surface area contributed by atoms with Crippen LogP contribution in [0.3, 0.4) is 0 Å².